The van der Waals surface area contributed by atoms with E-state index in [1.54, 1.807) is 4.90 Å². The van der Waals surface area contributed by atoms with Gasteiger partial charge in [-0.3, -0.25) is 4.79 Å². The van der Waals surface area contributed by atoms with Crippen molar-refractivity contribution < 1.29 is 13.2 Å². The Labute approximate surface area is 122 Å². The van der Waals surface area contributed by atoms with E-state index in [-0.39, 0.29) is 30.0 Å². The van der Waals surface area contributed by atoms with Crippen LogP contribution in [0.15, 0.2) is 0 Å². The molecule has 5 nitrogen and oxygen atoms in total. The van der Waals surface area contributed by atoms with Crippen molar-refractivity contribution in [1.29, 1.82) is 0 Å². The van der Waals surface area contributed by atoms with Gasteiger partial charge in [0.05, 0.1) is 18.1 Å². The zero-order valence-corrected chi connectivity index (χ0v) is 13.1. The van der Waals surface area contributed by atoms with Gasteiger partial charge < -0.3 is 10.2 Å². The Bertz CT molecular complexity index is 465. The predicted octanol–water partition coefficient (Wildman–Crippen LogP) is 0.414. The summed E-state index contributed by atoms with van der Waals surface area (Å²) in [7, 11) is -3.00. The molecule has 0 aromatic heterocycles. The van der Waals surface area contributed by atoms with E-state index in [2.05, 4.69) is 25.1 Å². The smallest absolute Gasteiger partial charge is 0.223 e. The number of sulfone groups is 1. The van der Waals surface area contributed by atoms with Gasteiger partial charge in [-0.15, -0.1) is 6.42 Å². The number of hydrogen-bond acceptors (Lipinski definition) is 4. The average molecular weight is 300 g/mol. The van der Waals surface area contributed by atoms with Crippen LogP contribution < -0.4 is 5.32 Å². The molecule has 1 heterocycles. The van der Waals surface area contributed by atoms with Gasteiger partial charge in [0.1, 0.15) is 0 Å². The molecular weight excluding hydrogens is 276 g/mol. The molecule has 1 aliphatic heterocycles. The molecule has 20 heavy (non-hydrogen) atoms. The summed E-state index contributed by atoms with van der Waals surface area (Å²) in [5, 5.41) is 3.25. The van der Waals surface area contributed by atoms with E-state index in [0.717, 1.165) is 13.0 Å². The second kappa shape index (κ2) is 7.65. The van der Waals surface area contributed by atoms with Gasteiger partial charge in [-0.25, -0.2) is 8.42 Å². The normalized spacial score (nSPS) is 20.8. The highest BCUT2D eigenvalue weighted by atomic mass is 32.2. The number of carbonyl (C=O) groups excluding carboxylic acids is 1. The number of nitrogens with one attached hydrogen (secondary N) is 1. The minimum absolute atomic E-state index is 0.0457. The van der Waals surface area contributed by atoms with Crippen molar-refractivity contribution in [2.45, 2.75) is 45.2 Å². The van der Waals surface area contributed by atoms with Crippen molar-refractivity contribution in [3.63, 3.8) is 0 Å². The molecule has 0 aromatic carbocycles. The largest absolute Gasteiger partial charge is 0.328 e. The first-order valence-electron chi connectivity index (χ1n) is 7.02. The van der Waals surface area contributed by atoms with Crippen LogP contribution in [0.25, 0.3) is 0 Å². The Morgan fingerprint density at radius 1 is 1.50 bits per heavy atom. The molecule has 6 heteroatoms. The van der Waals surface area contributed by atoms with Gasteiger partial charge in [-0.1, -0.05) is 19.8 Å². The van der Waals surface area contributed by atoms with Gasteiger partial charge in [0.25, 0.3) is 0 Å². The zero-order valence-electron chi connectivity index (χ0n) is 12.3. The molecule has 0 radical (unpaired) electrons. The van der Waals surface area contributed by atoms with Crippen LogP contribution in [-0.2, 0) is 14.6 Å². The summed E-state index contributed by atoms with van der Waals surface area (Å²) < 4.78 is 23.0. The highest BCUT2D eigenvalue weighted by Gasteiger charge is 2.33. The fraction of sp³-hybridized carbons (Fsp3) is 0.786. The highest BCUT2D eigenvalue weighted by molar-refractivity contribution is 7.91. The summed E-state index contributed by atoms with van der Waals surface area (Å²) in [4.78, 5) is 13.7. The van der Waals surface area contributed by atoms with Crippen molar-refractivity contribution in [2.75, 3.05) is 24.6 Å². The van der Waals surface area contributed by atoms with E-state index < -0.39 is 9.84 Å². The molecule has 0 aromatic rings. The van der Waals surface area contributed by atoms with Gasteiger partial charge in [0.15, 0.2) is 9.84 Å². The Balaban J connectivity index is 2.49. The maximum Gasteiger partial charge on any atom is 0.223 e. The Hall–Kier alpha value is -1.06. The van der Waals surface area contributed by atoms with E-state index in [4.69, 9.17) is 6.42 Å². The SMILES string of the molecule is C#CCN(C(=O)CCCNC(C)C)C1CCS(=O)(=O)C1. The quantitative estimate of drug-likeness (QED) is 0.546. The molecule has 1 atom stereocenters. The third-order valence-electron chi connectivity index (χ3n) is 3.35. The lowest BCUT2D eigenvalue weighted by Gasteiger charge is -2.26. The first kappa shape index (κ1) is 17.0. The molecule has 1 saturated heterocycles. The number of nitrogens with zero attached hydrogens (tertiary/aromatic N) is 1. The lowest BCUT2D eigenvalue weighted by Crippen LogP contribution is -2.41. The standard InChI is InChI=1S/C14H24N2O3S/c1-4-9-16(13-7-10-20(18,19)11-13)14(17)6-5-8-15-12(2)3/h1,12-13,15H,5-11H2,2-3H3. The van der Waals surface area contributed by atoms with Crippen LogP contribution in [0.5, 0.6) is 0 Å². The molecule has 1 amide bonds. The molecule has 1 aliphatic rings. The molecule has 0 spiro atoms. The zero-order chi connectivity index (χ0) is 15.2. The van der Waals surface area contributed by atoms with Crippen LogP contribution in [0.3, 0.4) is 0 Å². The number of amides is 1. The van der Waals surface area contributed by atoms with Gasteiger partial charge in [-0.05, 0) is 19.4 Å². The van der Waals surface area contributed by atoms with Crippen LogP contribution in [0.1, 0.15) is 33.1 Å². The first-order valence-corrected chi connectivity index (χ1v) is 8.84. The Morgan fingerprint density at radius 2 is 2.20 bits per heavy atom. The Kier molecular flexibility index (Phi) is 6.50. The van der Waals surface area contributed by atoms with Crippen molar-refractivity contribution in [3.05, 3.63) is 0 Å². The minimum atomic E-state index is -3.00. The van der Waals surface area contributed by atoms with Gasteiger partial charge >= 0.3 is 0 Å². The fourth-order valence-electron chi connectivity index (χ4n) is 2.31. The first-order chi connectivity index (χ1) is 9.35. The van der Waals surface area contributed by atoms with Crippen molar-refractivity contribution in [1.82, 2.24) is 10.2 Å². The van der Waals surface area contributed by atoms with E-state index in [1.807, 2.05) is 0 Å². The van der Waals surface area contributed by atoms with Gasteiger partial charge in [-0.2, -0.15) is 0 Å². The lowest BCUT2D eigenvalue weighted by molar-refractivity contribution is -0.132. The summed E-state index contributed by atoms with van der Waals surface area (Å²) in [6, 6.07) is 0.147. The minimum Gasteiger partial charge on any atom is -0.328 e. The van der Waals surface area contributed by atoms with Crippen LogP contribution in [-0.4, -0.2) is 55.9 Å². The molecule has 0 saturated carbocycles. The summed E-state index contributed by atoms with van der Waals surface area (Å²) >= 11 is 0. The second-order valence-corrected chi connectivity index (χ2v) is 7.72. The topological polar surface area (TPSA) is 66.5 Å². The summed E-state index contributed by atoms with van der Waals surface area (Å²) in [5.41, 5.74) is 0. The molecule has 1 N–H and O–H groups in total. The van der Waals surface area contributed by atoms with Gasteiger partial charge in [0, 0.05) is 18.5 Å². The molecular formula is C14H24N2O3S. The monoisotopic (exact) mass is 300 g/mol. The lowest BCUT2D eigenvalue weighted by atomic mass is 10.2. The van der Waals surface area contributed by atoms with E-state index in [1.165, 1.54) is 0 Å². The highest BCUT2D eigenvalue weighted by Crippen LogP contribution is 2.18. The molecule has 1 rings (SSSR count). The number of carbonyl (C=O) groups is 1. The van der Waals surface area contributed by atoms with E-state index in [0.29, 0.717) is 18.9 Å². The predicted molar refractivity (Wildman–Crippen MR) is 80.0 cm³/mol. The van der Waals surface area contributed by atoms with E-state index in [9.17, 15) is 13.2 Å². The van der Waals surface area contributed by atoms with Crippen molar-refractivity contribution in [2.24, 2.45) is 0 Å². The molecule has 0 bridgehead atoms. The second-order valence-electron chi connectivity index (χ2n) is 5.50. The number of hydrogen-bond donors (Lipinski definition) is 1. The maximum atomic E-state index is 12.2. The van der Waals surface area contributed by atoms with E-state index >= 15 is 0 Å². The van der Waals surface area contributed by atoms with Crippen LogP contribution in [0.2, 0.25) is 0 Å². The van der Waals surface area contributed by atoms with Crippen LogP contribution >= 0.6 is 0 Å². The third kappa shape index (κ3) is 5.51. The summed E-state index contributed by atoms with van der Waals surface area (Å²) in [5.74, 6) is 2.61. The molecule has 1 fully saturated rings. The third-order valence-corrected chi connectivity index (χ3v) is 5.10. The number of terminal acetylenes is 1. The number of rotatable bonds is 7. The summed E-state index contributed by atoms with van der Waals surface area (Å²) in [6.45, 7) is 5.07. The van der Waals surface area contributed by atoms with Gasteiger partial charge in [0.2, 0.25) is 5.91 Å². The van der Waals surface area contributed by atoms with Crippen molar-refractivity contribution in [3.8, 4) is 12.3 Å². The van der Waals surface area contributed by atoms with Crippen LogP contribution in [0, 0.1) is 12.3 Å². The summed E-state index contributed by atoms with van der Waals surface area (Å²) in [6.07, 6.45) is 6.93. The molecule has 114 valence electrons. The van der Waals surface area contributed by atoms with Crippen LogP contribution in [0.4, 0.5) is 0 Å². The molecule has 1 unspecified atom stereocenters. The fourth-order valence-corrected chi connectivity index (χ4v) is 4.05. The molecule has 0 aliphatic carbocycles. The maximum absolute atomic E-state index is 12.2. The van der Waals surface area contributed by atoms with Crippen molar-refractivity contribution >= 4 is 15.7 Å². The Morgan fingerprint density at radius 3 is 2.70 bits per heavy atom. The average Bonchev–Trinajstić information content (AvgIpc) is 2.71.